The molecule has 0 aliphatic rings. The van der Waals surface area contributed by atoms with Crippen molar-refractivity contribution in [2.24, 2.45) is 0 Å². The summed E-state index contributed by atoms with van der Waals surface area (Å²) in [6, 6.07) is 5.88. The smallest absolute Gasteiger partial charge is 0.262 e. The van der Waals surface area contributed by atoms with Crippen molar-refractivity contribution in [3.8, 4) is 0 Å². The van der Waals surface area contributed by atoms with Crippen molar-refractivity contribution in [3.05, 3.63) is 36.8 Å². The molecule has 0 bridgehead atoms. The second-order valence-corrected chi connectivity index (χ2v) is 2.07. The van der Waals surface area contributed by atoms with E-state index >= 15 is 0 Å². The summed E-state index contributed by atoms with van der Waals surface area (Å²) >= 11 is 0. The van der Waals surface area contributed by atoms with E-state index < -0.39 is 0 Å². The van der Waals surface area contributed by atoms with Crippen LogP contribution < -0.4 is 0 Å². The molecule has 0 amide bonds. The first-order valence-corrected chi connectivity index (χ1v) is 3.11. The van der Waals surface area contributed by atoms with Gasteiger partial charge in [0.15, 0.2) is 0 Å². The van der Waals surface area contributed by atoms with E-state index in [1.807, 2.05) is 18.2 Å². The molecule has 2 heterocycles. The lowest BCUT2D eigenvalue weighted by Gasteiger charge is -1.90. The molecule has 0 unspecified atom stereocenters. The Morgan fingerprint density at radius 2 is 2.20 bits per heavy atom. The number of hydrogen-bond acceptors (Lipinski definition) is 2. The van der Waals surface area contributed by atoms with Gasteiger partial charge in [0.25, 0.3) is 0 Å². The van der Waals surface area contributed by atoms with Crippen LogP contribution in [0.3, 0.4) is 0 Å². The van der Waals surface area contributed by atoms with E-state index in [1.54, 1.807) is 18.6 Å². The van der Waals surface area contributed by atoms with Gasteiger partial charge in [-0.15, -0.1) is 0 Å². The van der Waals surface area contributed by atoms with Crippen LogP contribution in [0.1, 0.15) is 1.43 Å². The number of hydrogen-bond donors (Lipinski definition) is 0. The summed E-state index contributed by atoms with van der Waals surface area (Å²) in [5.74, 6) is 0. The summed E-state index contributed by atoms with van der Waals surface area (Å²) in [7, 11) is 0. The van der Waals surface area contributed by atoms with E-state index in [0.29, 0.717) is 0 Å². The van der Waals surface area contributed by atoms with Crippen LogP contribution in [-0.4, -0.2) is 9.97 Å². The maximum Gasteiger partial charge on any atom is 1.00 e. The summed E-state index contributed by atoms with van der Waals surface area (Å²) in [6.45, 7) is 0. The summed E-state index contributed by atoms with van der Waals surface area (Å²) in [5.41, 5.74) is 0.949. The van der Waals surface area contributed by atoms with Gasteiger partial charge in [0.2, 0.25) is 0 Å². The van der Waals surface area contributed by atoms with Gasteiger partial charge in [-0.05, 0) is 12.1 Å². The molecule has 0 saturated heterocycles. The third kappa shape index (κ3) is 0.739. The number of rotatable bonds is 0. The quantitative estimate of drug-likeness (QED) is 0.544. The topological polar surface area (TPSA) is 25.8 Å². The van der Waals surface area contributed by atoms with Crippen LogP contribution in [0.25, 0.3) is 10.9 Å². The molecule has 0 aliphatic heterocycles. The van der Waals surface area contributed by atoms with E-state index in [9.17, 15) is 0 Å². The van der Waals surface area contributed by atoms with Crippen LogP contribution in [0.2, 0.25) is 0 Å². The van der Waals surface area contributed by atoms with Gasteiger partial charge in [0, 0.05) is 17.8 Å². The zero-order chi connectivity index (χ0) is 6.81. The van der Waals surface area contributed by atoms with Crippen LogP contribution in [0.4, 0.5) is 0 Å². The van der Waals surface area contributed by atoms with Crippen LogP contribution in [0, 0.1) is 0 Å². The van der Waals surface area contributed by atoms with E-state index in [-0.39, 0.29) is 1.43 Å². The average molecular weight is 131 g/mol. The van der Waals surface area contributed by atoms with Crippen molar-refractivity contribution in [2.75, 3.05) is 0 Å². The molecular formula is C8H7N2+. The van der Waals surface area contributed by atoms with Crippen LogP contribution in [-0.2, 0) is 0 Å². The third-order valence-corrected chi connectivity index (χ3v) is 1.41. The molecule has 48 valence electrons. The Morgan fingerprint density at radius 1 is 1.20 bits per heavy atom. The summed E-state index contributed by atoms with van der Waals surface area (Å²) in [6.07, 6.45) is 5.30. The first-order chi connectivity index (χ1) is 4.97. The fourth-order valence-corrected chi connectivity index (χ4v) is 0.916. The second-order valence-electron chi connectivity index (χ2n) is 2.07. The minimum Gasteiger partial charge on any atom is -0.262 e. The maximum absolute atomic E-state index is 4.12. The highest BCUT2D eigenvalue weighted by molar-refractivity contribution is 5.76. The molecule has 0 fully saturated rings. The molecule has 10 heavy (non-hydrogen) atoms. The van der Waals surface area contributed by atoms with E-state index in [0.717, 1.165) is 10.9 Å². The Bertz CT molecular complexity index is 283. The maximum atomic E-state index is 4.12. The van der Waals surface area contributed by atoms with Crippen LogP contribution in [0.15, 0.2) is 36.8 Å². The van der Waals surface area contributed by atoms with E-state index in [4.69, 9.17) is 0 Å². The number of nitrogens with zero attached hydrogens (tertiary/aromatic N) is 2. The number of pyridine rings is 2. The SMILES string of the molecule is [H+].c1cnc2cnccc2c1. The predicted octanol–water partition coefficient (Wildman–Crippen LogP) is 1.74. The summed E-state index contributed by atoms with van der Waals surface area (Å²) in [4.78, 5) is 8.07. The zero-order valence-corrected chi connectivity index (χ0v) is 5.36. The second kappa shape index (κ2) is 2.06. The summed E-state index contributed by atoms with van der Waals surface area (Å²) in [5, 5.41) is 1.14. The van der Waals surface area contributed by atoms with Gasteiger partial charge in [-0.1, -0.05) is 6.07 Å². The van der Waals surface area contributed by atoms with Gasteiger partial charge in [0.05, 0.1) is 11.7 Å². The van der Waals surface area contributed by atoms with Gasteiger partial charge in [-0.3, -0.25) is 9.97 Å². The molecular weight excluding hydrogens is 124 g/mol. The first kappa shape index (κ1) is 5.35. The van der Waals surface area contributed by atoms with Crippen molar-refractivity contribution in [3.63, 3.8) is 0 Å². The molecule has 0 saturated carbocycles. The van der Waals surface area contributed by atoms with Crippen molar-refractivity contribution in [2.45, 2.75) is 0 Å². The molecule has 2 nitrogen and oxygen atoms in total. The lowest BCUT2D eigenvalue weighted by Crippen LogP contribution is -1.76. The molecule has 2 aromatic rings. The molecule has 0 aliphatic carbocycles. The van der Waals surface area contributed by atoms with Gasteiger partial charge in [0.1, 0.15) is 0 Å². The minimum absolute atomic E-state index is 0. The Morgan fingerprint density at radius 3 is 3.10 bits per heavy atom. The van der Waals surface area contributed by atoms with Crippen molar-refractivity contribution in [1.29, 1.82) is 0 Å². The average Bonchev–Trinajstić information content (AvgIpc) is 2.05. The number of aromatic nitrogens is 2. The predicted molar refractivity (Wildman–Crippen MR) is 40.7 cm³/mol. The fraction of sp³-hybridized carbons (Fsp3) is 0. The lowest BCUT2D eigenvalue weighted by molar-refractivity contribution is 1.31. The third-order valence-electron chi connectivity index (χ3n) is 1.41. The van der Waals surface area contributed by atoms with Crippen molar-refractivity contribution >= 4 is 10.9 Å². The molecule has 0 aromatic carbocycles. The molecule has 2 rings (SSSR count). The highest BCUT2D eigenvalue weighted by atomic mass is 14.7. The molecule has 2 heteroatoms. The highest BCUT2D eigenvalue weighted by Gasteiger charge is 1.87. The van der Waals surface area contributed by atoms with Gasteiger partial charge >= 0.3 is 1.43 Å². The first-order valence-electron chi connectivity index (χ1n) is 3.11. The minimum atomic E-state index is 0. The zero-order valence-electron chi connectivity index (χ0n) is 6.36. The van der Waals surface area contributed by atoms with E-state index in [2.05, 4.69) is 9.97 Å². The van der Waals surface area contributed by atoms with Gasteiger partial charge < -0.3 is 0 Å². The molecule has 2 aromatic heterocycles. The largest absolute Gasteiger partial charge is 1.00 e. The number of fused-ring (bicyclic) bond motifs is 1. The van der Waals surface area contributed by atoms with Crippen molar-refractivity contribution < 1.29 is 1.43 Å². The van der Waals surface area contributed by atoms with Gasteiger partial charge in [-0.25, -0.2) is 0 Å². The normalized spacial score (nSPS) is 10.0. The molecule has 0 radical (unpaired) electrons. The Kier molecular flexibility index (Phi) is 1.10. The Balaban J connectivity index is 0.000000605. The summed E-state index contributed by atoms with van der Waals surface area (Å²) < 4.78 is 0. The fourth-order valence-electron chi connectivity index (χ4n) is 0.916. The molecule has 0 N–H and O–H groups in total. The monoisotopic (exact) mass is 131 g/mol. The highest BCUT2D eigenvalue weighted by Crippen LogP contribution is 2.05. The van der Waals surface area contributed by atoms with Crippen LogP contribution in [0.5, 0.6) is 0 Å². The van der Waals surface area contributed by atoms with Crippen molar-refractivity contribution in [1.82, 2.24) is 9.97 Å². The standard InChI is InChI=1S/C8H6N2/c1-2-7-3-5-9-6-8(7)10-4-1/h1-6H/p+1. The molecule has 0 atom stereocenters. The van der Waals surface area contributed by atoms with E-state index in [1.165, 1.54) is 0 Å². The Labute approximate surface area is 60.0 Å². The molecule has 0 spiro atoms. The lowest BCUT2D eigenvalue weighted by atomic mass is 10.3. The van der Waals surface area contributed by atoms with Crippen LogP contribution >= 0.6 is 0 Å². The Hall–Kier alpha value is -1.44. The van der Waals surface area contributed by atoms with Gasteiger partial charge in [-0.2, -0.15) is 0 Å².